The van der Waals surface area contributed by atoms with E-state index in [-0.39, 0.29) is 43.2 Å². The van der Waals surface area contributed by atoms with Crippen LogP contribution in [0.15, 0.2) is 24.3 Å². The molecule has 0 N–H and O–H groups in total. The molecule has 2 aliphatic rings. The van der Waals surface area contributed by atoms with Gasteiger partial charge in [0.1, 0.15) is 6.61 Å². The molecule has 0 radical (unpaired) electrons. The van der Waals surface area contributed by atoms with E-state index < -0.39 is 11.9 Å². The molecule has 1 aliphatic heterocycles. The summed E-state index contributed by atoms with van der Waals surface area (Å²) in [4.78, 5) is 49.3. The molecule has 7 nitrogen and oxygen atoms in total. The van der Waals surface area contributed by atoms with E-state index in [1.54, 1.807) is 24.3 Å². The molecule has 1 aromatic rings. The summed E-state index contributed by atoms with van der Waals surface area (Å²) in [5, 5.41) is 0. The standard InChI is InChI=1S/C20H23NO6/c1-26-20(25)14-8-6-13(7-9-14)12-27-17(22)10-11-21-18(23)15-4-2-3-5-16(15)19(21)24/h6-9,15-16H,2-5,10-12H2,1H3/t15-,16-/m1/s1. The Balaban J connectivity index is 1.46. The number of imide groups is 1. The van der Waals surface area contributed by atoms with Crippen molar-refractivity contribution in [2.75, 3.05) is 13.7 Å². The molecule has 1 aromatic carbocycles. The van der Waals surface area contributed by atoms with Gasteiger partial charge < -0.3 is 9.47 Å². The molecule has 1 aliphatic carbocycles. The predicted molar refractivity (Wildman–Crippen MR) is 94.4 cm³/mol. The second kappa shape index (κ2) is 8.33. The van der Waals surface area contributed by atoms with Crippen LogP contribution in [0.3, 0.4) is 0 Å². The first-order valence-electron chi connectivity index (χ1n) is 9.19. The van der Waals surface area contributed by atoms with Crippen LogP contribution in [-0.4, -0.2) is 42.3 Å². The minimum Gasteiger partial charge on any atom is -0.465 e. The Morgan fingerprint density at radius 1 is 1.04 bits per heavy atom. The highest BCUT2D eigenvalue weighted by Crippen LogP contribution is 2.37. The molecule has 1 saturated carbocycles. The quantitative estimate of drug-likeness (QED) is 0.560. The van der Waals surface area contributed by atoms with Crippen LogP contribution >= 0.6 is 0 Å². The zero-order chi connectivity index (χ0) is 19.4. The summed E-state index contributed by atoms with van der Waals surface area (Å²) in [7, 11) is 1.31. The monoisotopic (exact) mass is 373 g/mol. The maximum absolute atomic E-state index is 12.4. The molecule has 1 heterocycles. The van der Waals surface area contributed by atoms with Gasteiger partial charge in [0.15, 0.2) is 0 Å². The number of methoxy groups -OCH3 is 1. The molecule has 2 fully saturated rings. The van der Waals surface area contributed by atoms with Gasteiger partial charge in [0, 0.05) is 6.54 Å². The fourth-order valence-corrected chi connectivity index (χ4v) is 3.75. The van der Waals surface area contributed by atoms with Crippen molar-refractivity contribution in [3.05, 3.63) is 35.4 Å². The first kappa shape index (κ1) is 19.1. The third kappa shape index (κ3) is 4.18. The van der Waals surface area contributed by atoms with E-state index in [9.17, 15) is 19.2 Å². The molecule has 7 heteroatoms. The van der Waals surface area contributed by atoms with Gasteiger partial charge in [0.25, 0.3) is 0 Å². The van der Waals surface area contributed by atoms with E-state index in [2.05, 4.69) is 4.74 Å². The van der Waals surface area contributed by atoms with Crippen molar-refractivity contribution >= 4 is 23.8 Å². The Kier molecular flexibility index (Phi) is 5.88. The third-order valence-corrected chi connectivity index (χ3v) is 5.25. The highest BCUT2D eigenvalue weighted by atomic mass is 16.5. The molecule has 3 rings (SSSR count). The van der Waals surface area contributed by atoms with Gasteiger partial charge in [-0.15, -0.1) is 0 Å². The zero-order valence-electron chi connectivity index (χ0n) is 15.3. The van der Waals surface area contributed by atoms with Gasteiger partial charge in [-0.3, -0.25) is 19.3 Å². The Labute approximate surface area is 157 Å². The van der Waals surface area contributed by atoms with Crippen LogP contribution in [0.2, 0.25) is 0 Å². The van der Waals surface area contributed by atoms with Crippen molar-refractivity contribution < 1.29 is 28.7 Å². The maximum Gasteiger partial charge on any atom is 0.337 e. The van der Waals surface area contributed by atoms with Crippen LogP contribution in [0.4, 0.5) is 0 Å². The van der Waals surface area contributed by atoms with Crippen LogP contribution < -0.4 is 0 Å². The number of likely N-dealkylation sites (tertiary alicyclic amines) is 1. The van der Waals surface area contributed by atoms with Crippen LogP contribution in [0.5, 0.6) is 0 Å². The van der Waals surface area contributed by atoms with Gasteiger partial charge in [-0.2, -0.15) is 0 Å². The van der Waals surface area contributed by atoms with Gasteiger partial charge in [-0.25, -0.2) is 4.79 Å². The Bertz CT molecular complexity index is 717. The molecule has 1 saturated heterocycles. The van der Waals surface area contributed by atoms with Crippen LogP contribution in [0.1, 0.15) is 48.0 Å². The molecule has 0 unspecified atom stereocenters. The lowest BCUT2D eigenvalue weighted by Gasteiger charge is -2.19. The second-order valence-electron chi connectivity index (χ2n) is 6.92. The smallest absolute Gasteiger partial charge is 0.337 e. The molecule has 2 atom stereocenters. The van der Waals surface area contributed by atoms with Crippen LogP contribution in [0.25, 0.3) is 0 Å². The first-order chi connectivity index (χ1) is 13.0. The number of fused-ring (bicyclic) bond motifs is 1. The number of hydrogen-bond acceptors (Lipinski definition) is 6. The number of carbonyl (C=O) groups excluding carboxylic acids is 4. The Morgan fingerprint density at radius 3 is 2.19 bits per heavy atom. The van der Waals surface area contributed by atoms with Crippen LogP contribution in [0, 0.1) is 11.8 Å². The summed E-state index contributed by atoms with van der Waals surface area (Å²) in [5.41, 5.74) is 1.15. The number of hydrogen-bond donors (Lipinski definition) is 0. The molecule has 0 aromatic heterocycles. The molecule has 0 spiro atoms. The van der Waals surface area contributed by atoms with Gasteiger partial charge in [0.05, 0.1) is 30.9 Å². The lowest BCUT2D eigenvalue weighted by Crippen LogP contribution is -2.33. The van der Waals surface area contributed by atoms with Crippen molar-refractivity contribution in [3.8, 4) is 0 Å². The van der Waals surface area contributed by atoms with Crippen molar-refractivity contribution in [3.63, 3.8) is 0 Å². The number of benzene rings is 1. The topological polar surface area (TPSA) is 90.0 Å². The lowest BCUT2D eigenvalue weighted by atomic mass is 9.81. The largest absolute Gasteiger partial charge is 0.465 e. The number of esters is 2. The number of nitrogens with zero attached hydrogens (tertiary/aromatic N) is 1. The molecular weight excluding hydrogens is 350 g/mol. The summed E-state index contributed by atoms with van der Waals surface area (Å²) in [5.74, 6) is -1.58. The highest BCUT2D eigenvalue weighted by molar-refractivity contribution is 6.05. The minimum absolute atomic E-state index is 0.0167. The average molecular weight is 373 g/mol. The first-order valence-corrected chi connectivity index (χ1v) is 9.19. The van der Waals surface area contributed by atoms with Gasteiger partial charge in [0.2, 0.25) is 11.8 Å². The summed E-state index contributed by atoms with van der Waals surface area (Å²) in [6.45, 7) is 0.137. The highest BCUT2D eigenvalue weighted by Gasteiger charge is 2.47. The second-order valence-corrected chi connectivity index (χ2v) is 6.92. The van der Waals surface area contributed by atoms with E-state index in [1.165, 1.54) is 12.0 Å². The fraction of sp³-hybridized carbons (Fsp3) is 0.500. The predicted octanol–water partition coefficient (Wildman–Crippen LogP) is 2.08. The van der Waals surface area contributed by atoms with Crippen molar-refractivity contribution in [2.45, 2.75) is 38.7 Å². The Morgan fingerprint density at radius 2 is 1.63 bits per heavy atom. The SMILES string of the molecule is COC(=O)c1ccc(COC(=O)CCN2C(=O)[C@@H]3CCCC[C@H]3C2=O)cc1. The minimum atomic E-state index is -0.470. The average Bonchev–Trinajstić information content (AvgIpc) is 2.95. The number of amides is 2. The zero-order valence-corrected chi connectivity index (χ0v) is 15.3. The number of ether oxygens (including phenoxy) is 2. The third-order valence-electron chi connectivity index (χ3n) is 5.25. The van der Waals surface area contributed by atoms with Crippen LogP contribution in [-0.2, 0) is 30.5 Å². The summed E-state index contributed by atoms with van der Waals surface area (Å²) >= 11 is 0. The maximum atomic E-state index is 12.4. The van der Waals surface area contributed by atoms with Gasteiger partial charge >= 0.3 is 11.9 Å². The lowest BCUT2D eigenvalue weighted by molar-refractivity contribution is -0.146. The number of rotatable bonds is 6. The van der Waals surface area contributed by atoms with Crippen molar-refractivity contribution in [2.24, 2.45) is 11.8 Å². The van der Waals surface area contributed by atoms with Crippen molar-refractivity contribution in [1.82, 2.24) is 4.90 Å². The van der Waals surface area contributed by atoms with E-state index in [0.29, 0.717) is 5.56 Å². The van der Waals surface area contributed by atoms with E-state index >= 15 is 0 Å². The molecule has 144 valence electrons. The van der Waals surface area contributed by atoms with E-state index in [1.807, 2.05) is 0 Å². The summed E-state index contributed by atoms with van der Waals surface area (Å²) in [6, 6.07) is 6.55. The molecule has 2 amide bonds. The fourth-order valence-electron chi connectivity index (χ4n) is 3.75. The molecule has 0 bridgehead atoms. The summed E-state index contributed by atoms with van der Waals surface area (Å²) in [6.07, 6.45) is 3.46. The molecule has 27 heavy (non-hydrogen) atoms. The molecular formula is C20H23NO6. The van der Waals surface area contributed by atoms with Gasteiger partial charge in [-0.1, -0.05) is 25.0 Å². The number of carbonyl (C=O) groups is 4. The summed E-state index contributed by atoms with van der Waals surface area (Å²) < 4.78 is 9.82. The van der Waals surface area contributed by atoms with Crippen molar-refractivity contribution in [1.29, 1.82) is 0 Å². The normalized spacial score (nSPS) is 21.7. The van der Waals surface area contributed by atoms with E-state index in [0.717, 1.165) is 31.2 Å². The Hall–Kier alpha value is -2.70. The van der Waals surface area contributed by atoms with Gasteiger partial charge in [-0.05, 0) is 30.5 Å². The van der Waals surface area contributed by atoms with E-state index in [4.69, 9.17) is 4.74 Å².